The molecule has 0 bridgehead atoms. The van der Waals surface area contributed by atoms with Crippen molar-refractivity contribution >= 4 is 5.91 Å². The predicted octanol–water partition coefficient (Wildman–Crippen LogP) is 1.64. The highest BCUT2D eigenvalue weighted by molar-refractivity contribution is 5.77. The Bertz CT molecular complexity index is 550. The Morgan fingerprint density at radius 1 is 1.35 bits per heavy atom. The fraction of sp³-hybridized carbons (Fsp3) is 0.333. The Hall–Kier alpha value is -2.14. The molecule has 0 aliphatic rings. The van der Waals surface area contributed by atoms with Crippen molar-refractivity contribution in [1.29, 1.82) is 0 Å². The number of carbonyl (C=O) groups is 1. The minimum Gasteiger partial charge on any atom is -0.345 e. The van der Waals surface area contributed by atoms with Gasteiger partial charge in [0, 0.05) is 25.7 Å². The highest BCUT2D eigenvalue weighted by atomic mass is 16.2. The second kappa shape index (κ2) is 6.86. The lowest BCUT2D eigenvalue weighted by Crippen LogP contribution is -2.35. The van der Waals surface area contributed by atoms with Crippen molar-refractivity contribution < 1.29 is 4.79 Å². The highest BCUT2D eigenvalue weighted by Gasteiger charge is 2.09. The van der Waals surface area contributed by atoms with Crippen molar-refractivity contribution in [1.82, 2.24) is 20.4 Å². The van der Waals surface area contributed by atoms with Crippen LogP contribution in [0.3, 0.4) is 0 Å². The number of rotatable bonds is 6. The molecule has 0 radical (unpaired) electrons. The van der Waals surface area contributed by atoms with E-state index in [1.165, 1.54) is 0 Å². The van der Waals surface area contributed by atoms with Crippen LogP contribution in [0.5, 0.6) is 0 Å². The molecule has 0 unspecified atom stereocenters. The Balaban J connectivity index is 1.95. The van der Waals surface area contributed by atoms with E-state index in [2.05, 4.69) is 15.5 Å². The number of hydrogen-bond acceptors (Lipinski definition) is 3. The van der Waals surface area contributed by atoms with Crippen LogP contribution in [0.2, 0.25) is 0 Å². The lowest BCUT2D eigenvalue weighted by atomic mass is 10.1. The molecule has 0 saturated heterocycles. The first-order valence-electron chi connectivity index (χ1n) is 6.74. The number of aromatic nitrogens is 2. The lowest BCUT2D eigenvalue weighted by Gasteiger charge is -2.14. The Kier molecular flexibility index (Phi) is 4.90. The normalized spacial score (nSPS) is 10.5. The van der Waals surface area contributed by atoms with Crippen LogP contribution in [0, 0.1) is 0 Å². The number of aromatic amines is 1. The van der Waals surface area contributed by atoms with Crippen LogP contribution in [0.4, 0.5) is 0 Å². The van der Waals surface area contributed by atoms with E-state index in [1.807, 2.05) is 37.3 Å². The van der Waals surface area contributed by atoms with Crippen molar-refractivity contribution in [2.24, 2.45) is 0 Å². The molecule has 2 N–H and O–H groups in total. The fourth-order valence-corrected chi connectivity index (χ4v) is 1.92. The van der Waals surface area contributed by atoms with Crippen molar-refractivity contribution in [3.8, 4) is 11.3 Å². The third-order valence-electron chi connectivity index (χ3n) is 3.27. The molecule has 0 fully saturated rings. The molecule has 0 saturated carbocycles. The van der Waals surface area contributed by atoms with Crippen LogP contribution in [-0.4, -0.2) is 41.1 Å². The molecule has 0 aliphatic heterocycles. The summed E-state index contributed by atoms with van der Waals surface area (Å²) >= 11 is 0. The van der Waals surface area contributed by atoms with Gasteiger partial charge in [-0.3, -0.25) is 9.89 Å². The van der Waals surface area contributed by atoms with Crippen molar-refractivity contribution in [3.63, 3.8) is 0 Å². The third-order valence-corrected chi connectivity index (χ3v) is 3.27. The number of benzene rings is 1. The van der Waals surface area contributed by atoms with Gasteiger partial charge in [0.15, 0.2) is 0 Å². The fourth-order valence-electron chi connectivity index (χ4n) is 1.92. The monoisotopic (exact) mass is 272 g/mol. The number of hydrogen-bond donors (Lipinski definition) is 2. The van der Waals surface area contributed by atoms with Crippen molar-refractivity contribution in [2.45, 2.75) is 13.5 Å². The summed E-state index contributed by atoms with van der Waals surface area (Å²) in [6.07, 6.45) is 1.79. The molecule has 2 aromatic rings. The maximum Gasteiger partial charge on any atom is 0.236 e. The second-order valence-electron chi connectivity index (χ2n) is 4.65. The molecule has 1 aromatic heterocycles. The standard InChI is InChI=1S/C15H20N4O/c1-3-19(2)14(20)11-16-9-13-10-17-18-15(13)12-7-5-4-6-8-12/h4-8,10,16H,3,9,11H2,1-2H3,(H,17,18). The summed E-state index contributed by atoms with van der Waals surface area (Å²) in [5.74, 6) is 0.0947. The molecule has 0 atom stereocenters. The molecule has 106 valence electrons. The van der Waals surface area contributed by atoms with Crippen LogP contribution < -0.4 is 5.32 Å². The average Bonchev–Trinajstić information content (AvgIpc) is 2.95. The van der Waals surface area contributed by atoms with E-state index in [0.29, 0.717) is 13.1 Å². The van der Waals surface area contributed by atoms with Gasteiger partial charge in [-0.15, -0.1) is 0 Å². The number of nitrogens with one attached hydrogen (secondary N) is 2. The summed E-state index contributed by atoms with van der Waals surface area (Å²) in [6.45, 7) is 3.64. The Labute approximate surface area is 119 Å². The molecule has 0 aliphatic carbocycles. The molecule has 1 amide bonds. The summed E-state index contributed by atoms with van der Waals surface area (Å²) in [7, 11) is 1.80. The van der Waals surface area contributed by atoms with Gasteiger partial charge in [0.25, 0.3) is 0 Å². The van der Waals surface area contributed by atoms with Gasteiger partial charge in [-0.05, 0) is 12.5 Å². The van der Waals surface area contributed by atoms with Crippen molar-refractivity contribution in [2.75, 3.05) is 20.1 Å². The van der Waals surface area contributed by atoms with Gasteiger partial charge < -0.3 is 10.2 Å². The zero-order valence-electron chi connectivity index (χ0n) is 11.9. The van der Waals surface area contributed by atoms with Gasteiger partial charge in [-0.1, -0.05) is 30.3 Å². The first kappa shape index (κ1) is 14.3. The summed E-state index contributed by atoms with van der Waals surface area (Å²) in [5, 5.41) is 10.3. The van der Waals surface area contributed by atoms with Gasteiger partial charge in [0.05, 0.1) is 18.4 Å². The molecule has 0 spiro atoms. The minimum absolute atomic E-state index is 0.0947. The zero-order valence-corrected chi connectivity index (χ0v) is 11.9. The number of H-pyrrole nitrogens is 1. The predicted molar refractivity (Wildman–Crippen MR) is 79.0 cm³/mol. The van der Waals surface area contributed by atoms with Gasteiger partial charge in [0.2, 0.25) is 5.91 Å². The molecular formula is C15H20N4O. The Morgan fingerprint density at radius 2 is 2.10 bits per heavy atom. The van der Waals surface area contributed by atoms with Crippen LogP contribution >= 0.6 is 0 Å². The van der Waals surface area contributed by atoms with Gasteiger partial charge in [0.1, 0.15) is 0 Å². The maximum atomic E-state index is 11.7. The minimum atomic E-state index is 0.0947. The third kappa shape index (κ3) is 3.45. The molecule has 5 heteroatoms. The van der Waals surface area contributed by atoms with E-state index in [0.717, 1.165) is 23.4 Å². The van der Waals surface area contributed by atoms with Crippen LogP contribution in [-0.2, 0) is 11.3 Å². The highest BCUT2D eigenvalue weighted by Crippen LogP contribution is 2.20. The molecule has 1 heterocycles. The van der Waals surface area contributed by atoms with Gasteiger partial charge >= 0.3 is 0 Å². The first-order valence-corrected chi connectivity index (χ1v) is 6.74. The number of amides is 1. The van der Waals surface area contributed by atoms with E-state index in [-0.39, 0.29) is 5.91 Å². The largest absolute Gasteiger partial charge is 0.345 e. The molecule has 20 heavy (non-hydrogen) atoms. The quantitative estimate of drug-likeness (QED) is 0.840. The van der Waals surface area contributed by atoms with E-state index in [4.69, 9.17) is 0 Å². The molecule has 5 nitrogen and oxygen atoms in total. The maximum absolute atomic E-state index is 11.7. The number of likely N-dealkylation sites (N-methyl/N-ethyl adjacent to an activating group) is 1. The van der Waals surface area contributed by atoms with E-state index in [9.17, 15) is 4.79 Å². The summed E-state index contributed by atoms with van der Waals surface area (Å²) in [6, 6.07) is 10.0. The van der Waals surface area contributed by atoms with Gasteiger partial charge in [-0.25, -0.2) is 0 Å². The summed E-state index contributed by atoms with van der Waals surface area (Å²) in [4.78, 5) is 13.4. The summed E-state index contributed by atoms with van der Waals surface area (Å²) < 4.78 is 0. The van der Waals surface area contributed by atoms with E-state index < -0.39 is 0 Å². The first-order chi connectivity index (χ1) is 9.72. The molecular weight excluding hydrogens is 252 g/mol. The second-order valence-corrected chi connectivity index (χ2v) is 4.65. The number of nitrogens with zero attached hydrogens (tertiary/aromatic N) is 2. The number of carbonyl (C=O) groups excluding carboxylic acids is 1. The van der Waals surface area contributed by atoms with Crippen LogP contribution in [0.1, 0.15) is 12.5 Å². The Morgan fingerprint density at radius 3 is 2.80 bits per heavy atom. The van der Waals surface area contributed by atoms with E-state index in [1.54, 1.807) is 18.1 Å². The topological polar surface area (TPSA) is 61.0 Å². The van der Waals surface area contributed by atoms with Crippen LogP contribution in [0.15, 0.2) is 36.5 Å². The van der Waals surface area contributed by atoms with Crippen LogP contribution in [0.25, 0.3) is 11.3 Å². The molecule has 2 rings (SSSR count). The zero-order chi connectivity index (χ0) is 14.4. The van der Waals surface area contributed by atoms with Crippen molar-refractivity contribution in [3.05, 3.63) is 42.1 Å². The van der Waals surface area contributed by atoms with Gasteiger partial charge in [-0.2, -0.15) is 5.10 Å². The van der Waals surface area contributed by atoms with E-state index >= 15 is 0 Å². The molecule has 1 aromatic carbocycles. The lowest BCUT2D eigenvalue weighted by molar-refractivity contribution is -0.128. The SMILES string of the molecule is CCN(C)C(=O)CNCc1cn[nH]c1-c1ccccc1. The summed E-state index contributed by atoms with van der Waals surface area (Å²) in [5.41, 5.74) is 3.15. The average molecular weight is 272 g/mol. The smallest absolute Gasteiger partial charge is 0.236 e.